The van der Waals surface area contributed by atoms with Gasteiger partial charge in [-0.3, -0.25) is 0 Å². The molecular weight excluding hydrogens is 270 g/mol. The van der Waals surface area contributed by atoms with Crippen LogP contribution in [0.15, 0.2) is 12.1 Å². The minimum absolute atomic E-state index is 0.0747. The van der Waals surface area contributed by atoms with Gasteiger partial charge in [0.1, 0.15) is 5.75 Å². The molecule has 1 aromatic rings. The number of hydrogen-bond donors (Lipinski definition) is 1. The van der Waals surface area contributed by atoms with Crippen molar-refractivity contribution in [3.05, 3.63) is 28.8 Å². The van der Waals surface area contributed by atoms with E-state index in [-0.39, 0.29) is 10.8 Å². The number of benzene rings is 1. The summed E-state index contributed by atoms with van der Waals surface area (Å²) in [4.78, 5) is 0. The summed E-state index contributed by atoms with van der Waals surface area (Å²) in [6, 6.07) is 4.64. The molecule has 0 amide bonds. The summed E-state index contributed by atoms with van der Waals surface area (Å²) in [6.07, 6.45) is 1.03. The molecule has 0 fully saturated rings. The summed E-state index contributed by atoms with van der Waals surface area (Å²) in [5.74, 6) is 1.10. The normalized spacial score (nSPS) is 12.5. The summed E-state index contributed by atoms with van der Waals surface area (Å²) in [5, 5.41) is 3.44. The highest BCUT2D eigenvalue weighted by molar-refractivity contribution is 5.51. The Bertz CT molecular complexity index is 442. The fourth-order valence-corrected chi connectivity index (χ4v) is 2.53. The van der Waals surface area contributed by atoms with Gasteiger partial charge in [-0.25, -0.2) is 0 Å². The number of nitrogens with one attached hydrogen (secondary N) is 1. The minimum Gasteiger partial charge on any atom is -0.493 e. The summed E-state index contributed by atoms with van der Waals surface area (Å²) < 4.78 is 6.21. The average molecular weight is 306 g/mol. The van der Waals surface area contributed by atoms with E-state index in [4.69, 9.17) is 4.74 Å². The van der Waals surface area contributed by atoms with Crippen LogP contribution in [0, 0.1) is 0 Å². The van der Waals surface area contributed by atoms with Gasteiger partial charge >= 0.3 is 0 Å². The van der Waals surface area contributed by atoms with Gasteiger partial charge in [0.15, 0.2) is 0 Å². The van der Waals surface area contributed by atoms with Crippen LogP contribution in [-0.2, 0) is 17.4 Å². The molecule has 0 atom stereocenters. The van der Waals surface area contributed by atoms with Gasteiger partial charge in [0.25, 0.3) is 0 Å². The predicted octanol–water partition coefficient (Wildman–Crippen LogP) is 5.18. The van der Waals surface area contributed by atoms with E-state index in [9.17, 15) is 0 Å². The van der Waals surface area contributed by atoms with E-state index in [0.717, 1.165) is 31.9 Å². The van der Waals surface area contributed by atoms with Crippen molar-refractivity contribution in [1.82, 2.24) is 5.32 Å². The molecule has 0 saturated carbocycles. The molecule has 1 rings (SSSR count). The van der Waals surface area contributed by atoms with Crippen molar-refractivity contribution in [3.63, 3.8) is 0 Å². The van der Waals surface area contributed by atoms with Crippen LogP contribution in [0.5, 0.6) is 5.75 Å². The zero-order valence-corrected chi connectivity index (χ0v) is 15.9. The zero-order chi connectivity index (χ0) is 17.0. The summed E-state index contributed by atoms with van der Waals surface area (Å²) in [7, 11) is 0. The molecule has 0 radical (unpaired) electrons. The van der Waals surface area contributed by atoms with Gasteiger partial charge in [-0.05, 0) is 29.4 Å². The van der Waals surface area contributed by atoms with Crippen molar-refractivity contribution in [2.75, 3.05) is 13.2 Å². The van der Waals surface area contributed by atoms with Crippen LogP contribution in [0.3, 0.4) is 0 Å². The van der Waals surface area contributed by atoms with Crippen molar-refractivity contribution in [1.29, 1.82) is 0 Å². The molecule has 0 aromatic heterocycles. The highest BCUT2D eigenvalue weighted by Crippen LogP contribution is 2.40. The lowest BCUT2D eigenvalue weighted by Crippen LogP contribution is -2.22. The monoisotopic (exact) mass is 305 g/mol. The quantitative estimate of drug-likeness (QED) is 0.782. The van der Waals surface area contributed by atoms with E-state index in [1.165, 1.54) is 16.7 Å². The maximum absolute atomic E-state index is 6.21. The van der Waals surface area contributed by atoms with E-state index >= 15 is 0 Å². The third-order valence-corrected chi connectivity index (χ3v) is 3.79. The molecular formula is C20H35NO. The fourth-order valence-electron chi connectivity index (χ4n) is 2.53. The molecule has 0 aliphatic heterocycles. The molecule has 2 nitrogen and oxygen atoms in total. The molecule has 22 heavy (non-hydrogen) atoms. The Balaban J connectivity index is 3.47. The SMILES string of the molecule is CCCOc1c(C(C)(C)C)cc(CNCC)cc1C(C)(C)C. The van der Waals surface area contributed by atoms with E-state index in [1.807, 2.05) is 0 Å². The summed E-state index contributed by atoms with van der Waals surface area (Å²) in [5.41, 5.74) is 4.14. The van der Waals surface area contributed by atoms with Gasteiger partial charge in [-0.2, -0.15) is 0 Å². The van der Waals surface area contributed by atoms with Crippen LogP contribution >= 0.6 is 0 Å². The topological polar surface area (TPSA) is 21.3 Å². The van der Waals surface area contributed by atoms with Gasteiger partial charge in [0.05, 0.1) is 6.61 Å². The summed E-state index contributed by atoms with van der Waals surface area (Å²) >= 11 is 0. The van der Waals surface area contributed by atoms with Crippen molar-refractivity contribution in [3.8, 4) is 5.75 Å². The molecule has 0 aliphatic rings. The Morgan fingerprint density at radius 1 is 0.909 bits per heavy atom. The standard InChI is InChI=1S/C20H35NO/c1-9-11-22-18-16(19(3,4)5)12-15(14-21-10-2)13-17(18)20(6,7)8/h12-13,21H,9-11,14H2,1-8H3. The zero-order valence-electron chi connectivity index (χ0n) is 15.9. The minimum atomic E-state index is 0.0747. The Hall–Kier alpha value is -1.02. The Kier molecular flexibility index (Phi) is 6.49. The van der Waals surface area contributed by atoms with Crippen LogP contribution in [0.25, 0.3) is 0 Å². The Labute approximate surface area is 137 Å². The van der Waals surface area contributed by atoms with Gasteiger partial charge in [0.2, 0.25) is 0 Å². The lowest BCUT2D eigenvalue weighted by Gasteiger charge is -2.30. The second-order valence-electron chi connectivity index (χ2n) is 8.15. The van der Waals surface area contributed by atoms with E-state index in [0.29, 0.717) is 0 Å². The second kappa shape index (κ2) is 7.50. The van der Waals surface area contributed by atoms with Gasteiger partial charge in [-0.15, -0.1) is 0 Å². The van der Waals surface area contributed by atoms with Crippen molar-refractivity contribution < 1.29 is 4.74 Å². The van der Waals surface area contributed by atoms with Crippen LogP contribution in [-0.4, -0.2) is 13.2 Å². The maximum atomic E-state index is 6.21. The first-order chi connectivity index (χ1) is 10.1. The highest BCUT2D eigenvalue weighted by atomic mass is 16.5. The smallest absolute Gasteiger partial charge is 0.126 e. The van der Waals surface area contributed by atoms with E-state index in [1.54, 1.807) is 0 Å². The lowest BCUT2D eigenvalue weighted by atomic mass is 9.78. The Morgan fingerprint density at radius 3 is 1.77 bits per heavy atom. The van der Waals surface area contributed by atoms with Crippen molar-refractivity contribution in [2.24, 2.45) is 0 Å². The first-order valence-electron chi connectivity index (χ1n) is 8.62. The molecule has 1 aromatic carbocycles. The van der Waals surface area contributed by atoms with Gasteiger partial charge < -0.3 is 10.1 Å². The van der Waals surface area contributed by atoms with Crippen molar-refractivity contribution in [2.45, 2.75) is 79.2 Å². The maximum Gasteiger partial charge on any atom is 0.126 e. The molecule has 126 valence electrons. The number of hydrogen-bond acceptors (Lipinski definition) is 2. The van der Waals surface area contributed by atoms with E-state index in [2.05, 4.69) is 72.8 Å². The lowest BCUT2D eigenvalue weighted by molar-refractivity contribution is 0.299. The largest absolute Gasteiger partial charge is 0.493 e. The molecule has 2 heteroatoms. The third-order valence-electron chi connectivity index (χ3n) is 3.79. The Morgan fingerprint density at radius 2 is 1.41 bits per heavy atom. The van der Waals surface area contributed by atoms with E-state index < -0.39 is 0 Å². The fraction of sp³-hybridized carbons (Fsp3) is 0.700. The van der Waals surface area contributed by atoms with Crippen LogP contribution in [0.4, 0.5) is 0 Å². The molecule has 0 heterocycles. The van der Waals surface area contributed by atoms with Crippen LogP contribution in [0.2, 0.25) is 0 Å². The molecule has 0 spiro atoms. The average Bonchev–Trinajstić information content (AvgIpc) is 2.40. The van der Waals surface area contributed by atoms with Crippen LogP contribution < -0.4 is 10.1 Å². The highest BCUT2D eigenvalue weighted by Gasteiger charge is 2.27. The first-order valence-corrected chi connectivity index (χ1v) is 8.62. The first kappa shape index (κ1) is 19.0. The summed E-state index contributed by atoms with van der Waals surface area (Å²) in [6.45, 7) is 20.6. The molecule has 0 bridgehead atoms. The third kappa shape index (κ3) is 5.01. The second-order valence-corrected chi connectivity index (χ2v) is 8.15. The number of ether oxygens (including phenoxy) is 1. The van der Waals surface area contributed by atoms with Gasteiger partial charge in [0, 0.05) is 17.7 Å². The predicted molar refractivity (Wildman–Crippen MR) is 97.0 cm³/mol. The number of rotatable bonds is 6. The molecule has 0 saturated heterocycles. The van der Waals surface area contributed by atoms with Gasteiger partial charge in [-0.1, -0.05) is 67.5 Å². The van der Waals surface area contributed by atoms with Crippen molar-refractivity contribution >= 4 is 0 Å². The molecule has 1 N–H and O–H groups in total. The molecule has 0 aliphatic carbocycles. The molecule has 0 unspecified atom stereocenters. The van der Waals surface area contributed by atoms with Crippen LogP contribution in [0.1, 0.15) is 78.5 Å².